The predicted octanol–water partition coefficient (Wildman–Crippen LogP) is 1.41. The van der Waals surface area contributed by atoms with E-state index < -0.39 is 5.54 Å². The fourth-order valence-electron chi connectivity index (χ4n) is 0.843. The first-order valence-electron chi connectivity index (χ1n) is 4.38. The van der Waals surface area contributed by atoms with E-state index in [2.05, 4.69) is 38.0 Å². The van der Waals surface area contributed by atoms with Gasteiger partial charge in [0.05, 0.1) is 5.54 Å². The number of amides is 1. The second-order valence-electron chi connectivity index (χ2n) is 4.74. The van der Waals surface area contributed by atoms with Crippen LogP contribution in [-0.2, 0) is 4.79 Å². The molecule has 1 amide bonds. The van der Waals surface area contributed by atoms with Gasteiger partial charge in [-0.05, 0) is 34.6 Å². The van der Waals surface area contributed by atoms with Gasteiger partial charge in [0.25, 0.3) is 0 Å². The van der Waals surface area contributed by atoms with Crippen LogP contribution in [0, 0.1) is 0 Å². The summed E-state index contributed by atoms with van der Waals surface area (Å²) >= 11 is 0. The molecule has 0 heterocycles. The lowest BCUT2D eigenvalue weighted by Crippen LogP contribution is -2.49. The van der Waals surface area contributed by atoms with Crippen LogP contribution < -0.4 is 10.6 Å². The van der Waals surface area contributed by atoms with Crippen LogP contribution in [-0.4, -0.2) is 17.5 Å². The summed E-state index contributed by atoms with van der Waals surface area (Å²) in [7, 11) is 0. The molecule has 0 spiro atoms. The van der Waals surface area contributed by atoms with Crippen molar-refractivity contribution >= 4 is 6.41 Å². The lowest BCUT2D eigenvalue weighted by molar-refractivity contribution is -0.110. The van der Waals surface area contributed by atoms with Gasteiger partial charge < -0.3 is 10.6 Å². The molecule has 76 valence electrons. The molecule has 0 aliphatic rings. The summed E-state index contributed by atoms with van der Waals surface area (Å²) in [6, 6.07) is 0. The highest BCUT2D eigenvalue weighted by Gasteiger charge is 2.23. The molecule has 0 bridgehead atoms. The Hall–Kier alpha value is -0.990. The van der Waals surface area contributed by atoms with Gasteiger partial charge in [0, 0.05) is 11.2 Å². The lowest BCUT2D eigenvalue weighted by Gasteiger charge is -2.33. The van der Waals surface area contributed by atoms with E-state index >= 15 is 0 Å². The molecular formula is C10H20N2O. The van der Waals surface area contributed by atoms with Gasteiger partial charge in [0.2, 0.25) is 6.41 Å². The van der Waals surface area contributed by atoms with Gasteiger partial charge in [-0.25, -0.2) is 0 Å². The van der Waals surface area contributed by atoms with Gasteiger partial charge >= 0.3 is 0 Å². The van der Waals surface area contributed by atoms with Gasteiger partial charge in [0.15, 0.2) is 0 Å². The van der Waals surface area contributed by atoms with Crippen LogP contribution in [0.1, 0.15) is 34.6 Å². The molecule has 0 unspecified atom stereocenters. The molecule has 0 radical (unpaired) electrons. The minimum Gasteiger partial charge on any atom is -0.382 e. The number of nitrogens with one attached hydrogen (secondary N) is 2. The van der Waals surface area contributed by atoms with E-state index in [-0.39, 0.29) is 5.54 Å². The zero-order valence-electron chi connectivity index (χ0n) is 9.19. The van der Waals surface area contributed by atoms with E-state index in [9.17, 15) is 4.79 Å². The molecule has 0 aromatic rings. The maximum atomic E-state index is 10.3. The molecule has 13 heavy (non-hydrogen) atoms. The molecule has 0 saturated heterocycles. The van der Waals surface area contributed by atoms with E-state index in [1.165, 1.54) is 0 Å². The third kappa shape index (κ3) is 4.55. The summed E-state index contributed by atoms with van der Waals surface area (Å²) in [5, 5.41) is 5.93. The molecule has 3 nitrogen and oxygen atoms in total. The highest BCUT2D eigenvalue weighted by atomic mass is 16.1. The summed E-state index contributed by atoms with van der Waals surface area (Å²) in [6.45, 7) is 13.9. The average Bonchev–Trinajstić information content (AvgIpc) is 1.82. The second-order valence-corrected chi connectivity index (χ2v) is 4.74. The Kier molecular flexibility index (Phi) is 3.52. The van der Waals surface area contributed by atoms with Crippen molar-refractivity contribution in [3.63, 3.8) is 0 Å². The quantitative estimate of drug-likeness (QED) is 0.649. The smallest absolute Gasteiger partial charge is 0.207 e. The van der Waals surface area contributed by atoms with Crippen LogP contribution in [0.25, 0.3) is 0 Å². The summed E-state index contributed by atoms with van der Waals surface area (Å²) in [6.07, 6.45) is 0.690. The Balaban J connectivity index is 4.33. The van der Waals surface area contributed by atoms with Crippen molar-refractivity contribution < 1.29 is 4.79 Å². The summed E-state index contributed by atoms with van der Waals surface area (Å²) in [4.78, 5) is 10.3. The van der Waals surface area contributed by atoms with Crippen molar-refractivity contribution in [3.05, 3.63) is 12.3 Å². The lowest BCUT2D eigenvalue weighted by atomic mass is 9.99. The maximum Gasteiger partial charge on any atom is 0.207 e. The fraction of sp³-hybridized carbons (Fsp3) is 0.700. The van der Waals surface area contributed by atoms with Crippen LogP contribution in [0.3, 0.4) is 0 Å². The summed E-state index contributed by atoms with van der Waals surface area (Å²) in [5.41, 5.74) is 0.376. The first kappa shape index (κ1) is 12.0. The second kappa shape index (κ2) is 3.81. The molecular weight excluding hydrogens is 164 g/mol. The van der Waals surface area contributed by atoms with Crippen LogP contribution in [0.5, 0.6) is 0 Å². The number of hydrogen-bond donors (Lipinski definition) is 2. The van der Waals surface area contributed by atoms with Crippen molar-refractivity contribution in [2.45, 2.75) is 45.7 Å². The highest BCUT2D eigenvalue weighted by Crippen LogP contribution is 2.14. The van der Waals surface area contributed by atoms with Crippen molar-refractivity contribution in [1.29, 1.82) is 0 Å². The molecule has 2 N–H and O–H groups in total. The molecule has 0 aliphatic carbocycles. The molecule has 0 rings (SSSR count). The highest BCUT2D eigenvalue weighted by molar-refractivity contribution is 5.49. The van der Waals surface area contributed by atoms with Gasteiger partial charge in [0.1, 0.15) is 0 Å². The van der Waals surface area contributed by atoms with E-state index in [1.54, 1.807) is 0 Å². The molecule has 0 aromatic heterocycles. The van der Waals surface area contributed by atoms with E-state index in [0.29, 0.717) is 6.41 Å². The number of rotatable bonds is 4. The van der Waals surface area contributed by atoms with Crippen LogP contribution in [0.15, 0.2) is 12.3 Å². The first-order valence-corrected chi connectivity index (χ1v) is 4.38. The zero-order chi connectivity index (χ0) is 10.7. The normalized spacial score (nSPS) is 12.1. The third-order valence-corrected chi connectivity index (χ3v) is 1.70. The number of hydrogen-bond acceptors (Lipinski definition) is 2. The Morgan fingerprint density at radius 2 is 1.69 bits per heavy atom. The van der Waals surface area contributed by atoms with Gasteiger partial charge in [-0.1, -0.05) is 6.58 Å². The maximum absolute atomic E-state index is 10.3. The SMILES string of the molecule is C=C(NC(C)(C)C)C(C)(C)NC=O. The number of carbonyl (C=O) groups is 1. The molecule has 0 aromatic carbocycles. The Morgan fingerprint density at radius 1 is 1.23 bits per heavy atom. The largest absolute Gasteiger partial charge is 0.382 e. The summed E-state index contributed by atoms with van der Waals surface area (Å²) in [5.74, 6) is 0. The van der Waals surface area contributed by atoms with Crippen molar-refractivity contribution in [2.75, 3.05) is 0 Å². The minimum absolute atomic E-state index is 0.0289. The Labute approximate surface area is 80.6 Å². The average molecular weight is 184 g/mol. The van der Waals surface area contributed by atoms with Crippen molar-refractivity contribution in [1.82, 2.24) is 10.6 Å². The molecule has 0 saturated carbocycles. The first-order chi connectivity index (χ1) is 5.69. The molecule has 0 fully saturated rings. The summed E-state index contributed by atoms with van der Waals surface area (Å²) < 4.78 is 0. The van der Waals surface area contributed by atoms with Crippen LogP contribution in [0.2, 0.25) is 0 Å². The van der Waals surface area contributed by atoms with E-state index in [1.807, 2.05) is 13.8 Å². The molecule has 0 aliphatic heterocycles. The Bertz CT molecular complexity index is 201. The Morgan fingerprint density at radius 3 is 2.00 bits per heavy atom. The molecule has 0 atom stereocenters. The van der Waals surface area contributed by atoms with Crippen LogP contribution >= 0.6 is 0 Å². The van der Waals surface area contributed by atoms with Gasteiger partial charge in [-0.3, -0.25) is 4.79 Å². The van der Waals surface area contributed by atoms with E-state index in [0.717, 1.165) is 5.70 Å². The predicted molar refractivity (Wildman–Crippen MR) is 55.3 cm³/mol. The van der Waals surface area contributed by atoms with E-state index in [4.69, 9.17) is 0 Å². The van der Waals surface area contributed by atoms with Crippen molar-refractivity contribution in [3.8, 4) is 0 Å². The monoisotopic (exact) mass is 184 g/mol. The standard InChI is InChI=1S/C10H20N2O/c1-8(12-9(2,3)4)10(5,6)11-7-13/h7,12H,1H2,2-6H3,(H,11,13). The number of carbonyl (C=O) groups excluding carboxylic acids is 1. The third-order valence-electron chi connectivity index (χ3n) is 1.70. The van der Waals surface area contributed by atoms with Gasteiger partial charge in [-0.2, -0.15) is 0 Å². The fourth-order valence-corrected chi connectivity index (χ4v) is 0.843. The molecule has 3 heteroatoms. The van der Waals surface area contributed by atoms with Gasteiger partial charge in [-0.15, -0.1) is 0 Å². The topological polar surface area (TPSA) is 41.1 Å². The zero-order valence-corrected chi connectivity index (χ0v) is 9.19. The minimum atomic E-state index is -0.408. The van der Waals surface area contributed by atoms with Crippen molar-refractivity contribution in [2.24, 2.45) is 0 Å². The van der Waals surface area contributed by atoms with Crippen LogP contribution in [0.4, 0.5) is 0 Å².